The van der Waals surface area contributed by atoms with Crippen LogP contribution < -0.4 is 22.8 Å². The minimum Gasteiger partial charge on any atom is -0.201 e. The zero-order chi connectivity index (χ0) is 73.1. The number of nitrogens with zero attached hydrogens (tertiary/aromatic N) is 5. The highest BCUT2D eigenvalue weighted by Crippen LogP contribution is 2.33. The van der Waals surface area contributed by atoms with E-state index >= 15 is 0 Å². The topological polar surface area (TPSA) is 19.4 Å². The van der Waals surface area contributed by atoms with Gasteiger partial charge in [0, 0.05) is 93.8 Å². The number of benzene rings is 5. The standard InChI is InChI=1S/2C19H26N.2C18H24N.C15H18N/c2*1-6-16(7-2)18-12-19(20(5)13-15(18)4)17-11-9-8-10-14(17)3;2*1-5-15(6-2)16-11-12-19(4)18(13-16)17-10-8-7-9-14(17)3;1-11-5-7-14(13(3)9-11)15-8-6-12(2)10-16(15)4/h2*8-13,16H,6-7H2,1-5H3;2*7-13,15H,5-6H2,1-4H3;5-10H,1-4H3/q5*+1/i4D3,16D;;15D;;. The molecule has 0 bridgehead atoms. The Bertz CT molecular complexity index is 4230. The molecule has 0 aliphatic rings. The molecule has 0 aliphatic heterocycles. The van der Waals surface area contributed by atoms with E-state index in [-0.39, 0.29) is 5.56 Å². The van der Waals surface area contributed by atoms with Crippen LogP contribution in [0.25, 0.3) is 56.3 Å². The van der Waals surface area contributed by atoms with Crippen LogP contribution in [0.2, 0.25) is 0 Å². The van der Waals surface area contributed by atoms with Crippen LogP contribution in [-0.4, -0.2) is 0 Å². The third kappa shape index (κ3) is 19.5. The summed E-state index contributed by atoms with van der Waals surface area (Å²) in [5, 5.41) is 0. The molecule has 0 saturated heterocycles. The van der Waals surface area contributed by atoms with E-state index in [9.17, 15) is 0 Å². The molecule has 0 saturated carbocycles. The molecular weight excluding hydrogens is 1140 g/mol. The summed E-state index contributed by atoms with van der Waals surface area (Å²) in [7, 11) is 10.3. The Morgan fingerprint density at radius 1 is 0.298 bits per heavy atom. The second-order valence-electron chi connectivity index (χ2n) is 25.8. The lowest BCUT2D eigenvalue weighted by atomic mass is 9.90. The van der Waals surface area contributed by atoms with Gasteiger partial charge in [0.15, 0.2) is 31.0 Å². The third-order valence-electron chi connectivity index (χ3n) is 19.1. The summed E-state index contributed by atoms with van der Waals surface area (Å²) in [6, 6.07) is 57.9. The Labute approximate surface area is 578 Å². The normalized spacial score (nSPS) is 12.1. The van der Waals surface area contributed by atoms with Crippen molar-refractivity contribution in [3.63, 3.8) is 0 Å². The fourth-order valence-corrected chi connectivity index (χ4v) is 13.2. The van der Waals surface area contributed by atoms with Crippen LogP contribution in [0.5, 0.6) is 0 Å². The van der Waals surface area contributed by atoms with Crippen LogP contribution in [0.3, 0.4) is 0 Å². The van der Waals surface area contributed by atoms with Gasteiger partial charge in [0.2, 0.25) is 28.5 Å². The molecule has 10 rings (SSSR count). The summed E-state index contributed by atoms with van der Waals surface area (Å²) >= 11 is 0. The highest BCUT2D eigenvalue weighted by molar-refractivity contribution is 5.65. The van der Waals surface area contributed by atoms with Crippen LogP contribution >= 0.6 is 0 Å². The summed E-state index contributed by atoms with van der Waals surface area (Å²) in [5.41, 5.74) is 27.7. The molecule has 0 N–H and O–H groups in total. The van der Waals surface area contributed by atoms with Gasteiger partial charge in [0.05, 0.1) is 0 Å². The van der Waals surface area contributed by atoms with Gasteiger partial charge in [-0.2, -0.15) is 0 Å². The smallest absolute Gasteiger partial charge is 0.201 e. The second kappa shape index (κ2) is 36.5. The summed E-state index contributed by atoms with van der Waals surface area (Å²) in [6.07, 6.45) is 18.0. The summed E-state index contributed by atoms with van der Waals surface area (Å²) in [6.45, 7) is 32.2. The zero-order valence-electron chi connectivity index (χ0n) is 66.5. The van der Waals surface area contributed by atoms with Gasteiger partial charge in [0.1, 0.15) is 35.2 Å². The largest absolute Gasteiger partial charge is 0.212 e. The molecule has 5 aromatic heterocycles. The number of rotatable bonds is 17. The maximum Gasteiger partial charge on any atom is 0.212 e. The predicted octanol–water partition coefficient (Wildman–Crippen LogP) is 21.3. The van der Waals surface area contributed by atoms with Gasteiger partial charge >= 0.3 is 0 Å². The molecule has 0 amide bonds. The zero-order valence-corrected chi connectivity index (χ0v) is 61.5. The first kappa shape index (κ1) is 67.3. The summed E-state index contributed by atoms with van der Waals surface area (Å²) in [5.74, 6) is -0.0378. The Morgan fingerprint density at radius 3 is 1.07 bits per heavy atom. The molecule has 5 heteroatoms. The average Bonchev–Trinajstić information content (AvgIpc) is 0.756. The first-order valence-electron chi connectivity index (χ1n) is 37.3. The van der Waals surface area contributed by atoms with Gasteiger partial charge < -0.3 is 0 Å². The molecule has 94 heavy (non-hydrogen) atoms. The highest BCUT2D eigenvalue weighted by Gasteiger charge is 2.23. The SMILES string of the molecule is CCC(CC)c1cc(-c2ccccc2C)[n+](C)cc1C.CCC(CC)c1cc[n+](C)c(-c2ccccc2C)c1.Cc1ccc(-c2ccc(C)c[n+]2C)c(C)c1.[2H]C(CC)(CC)c1cc[n+](C)c(-c2ccccc2C)c1.[2H]C([2H])([2H])c1c[n+](C)c(-c2ccccc2C)cc1C([2H])(CC)CC. The number of hydrogen-bond donors (Lipinski definition) is 0. The van der Waals surface area contributed by atoms with Crippen molar-refractivity contribution < 1.29 is 29.7 Å². The van der Waals surface area contributed by atoms with Gasteiger partial charge in [-0.3, -0.25) is 0 Å². The third-order valence-corrected chi connectivity index (χ3v) is 19.1. The lowest BCUT2D eigenvalue weighted by molar-refractivity contribution is -0.661. The van der Waals surface area contributed by atoms with E-state index in [0.717, 1.165) is 35.2 Å². The number of hydrogen-bond acceptors (Lipinski definition) is 0. The van der Waals surface area contributed by atoms with E-state index in [4.69, 9.17) is 6.85 Å². The maximum absolute atomic E-state index is 8.80. The predicted molar refractivity (Wildman–Crippen MR) is 401 cm³/mol. The Morgan fingerprint density at radius 2 is 0.670 bits per heavy atom. The summed E-state index contributed by atoms with van der Waals surface area (Å²) < 4.78 is 51.8. The maximum atomic E-state index is 8.80. The van der Waals surface area contributed by atoms with Crippen LogP contribution in [-0.2, 0) is 35.2 Å². The minimum atomic E-state index is -2.23. The van der Waals surface area contributed by atoms with E-state index in [1.807, 2.05) is 62.7 Å². The molecule has 10 aromatic rings. The van der Waals surface area contributed by atoms with Gasteiger partial charge in [-0.1, -0.05) is 146 Å². The van der Waals surface area contributed by atoms with Gasteiger partial charge in [0.25, 0.3) is 0 Å². The molecule has 0 radical (unpaired) electrons. The lowest BCUT2D eigenvalue weighted by Gasteiger charge is -2.16. The first-order valence-corrected chi connectivity index (χ1v) is 34.8. The fourth-order valence-electron chi connectivity index (χ4n) is 13.2. The molecule has 5 nitrogen and oxygen atoms in total. The Hall–Kier alpha value is -8.15. The number of aryl methyl sites for hydroxylation is 14. The van der Waals surface area contributed by atoms with Crippen LogP contribution in [0.4, 0.5) is 0 Å². The van der Waals surface area contributed by atoms with Gasteiger partial charge in [-0.05, 0) is 224 Å². The number of pyridine rings is 5. The van der Waals surface area contributed by atoms with Gasteiger partial charge in [-0.15, -0.1) is 0 Å². The van der Waals surface area contributed by atoms with Crippen molar-refractivity contribution in [2.45, 2.75) is 193 Å². The van der Waals surface area contributed by atoms with Crippen LogP contribution in [0.15, 0.2) is 195 Å². The molecule has 0 fully saturated rings. The second-order valence-corrected chi connectivity index (χ2v) is 25.8. The van der Waals surface area contributed by atoms with Crippen LogP contribution in [0, 0.1) is 62.2 Å². The van der Waals surface area contributed by atoms with Crippen molar-refractivity contribution >= 4 is 0 Å². The van der Waals surface area contributed by atoms with Crippen LogP contribution in [0.1, 0.15) is 210 Å². The van der Waals surface area contributed by atoms with E-state index in [1.54, 1.807) is 6.20 Å². The molecule has 5 heterocycles. The fraction of sp³-hybridized carbons (Fsp3) is 0.382. The van der Waals surface area contributed by atoms with E-state index in [0.29, 0.717) is 30.2 Å². The highest BCUT2D eigenvalue weighted by atomic mass is 14.9. The summed E-state index contributed by atoms with van der Waals surface area (Å²) in [4.78, 5) is 0. The number of aromatic nitrogens is 5. The van der Waals surface area contributed by atoms with Crippen molar-refractivity contribution in [2.24, 2.45) is 35.2 Å². The average molecular weight is 1260 g/mol. The van der Waals surface area contributed by atoms with Crippen molar-refractivity contribution in [1.29, 1.82) is 0 Å². The first-order chi connectivity index (χ1) is 47.0. The molecule has 0 aliphatic carbocycles. The van der Waals surface area contributed by atoms with E-state index < -0.39 is 18.6 Å². The van der Waals surface area contributed by atoms with E-state index in [2.05, 4.69) is 295 Å². The van der Waals surface area contributed by atoms with Crippen molar-refractivity contribution in [1.82, 2.24) is 0 Å². The minimum absolute atomic E-state index is 0.279. The monoisotopic (exact) mass is 1260 g/mol. The van der Waals surface area contributed by atoms with E-state index in [1.165, 1.54) is 121 Å². The molecular formula is C89H118N5+5. The van der Waals surface area contributed by atoms with Gasteiger partial charge in [-0.25, -0.2) is 22.8 Å². The quantitative estimate of drug-likeness (QED) is 0.0810. The van der Waals surface area contributed by atoms with Crippen molar-refractivity contribution in [2.75, 3.05) is 0 Å². The van der Waals surface area contributed by atoms with Crippen molar-refractivity contribution in [3.8, 4) is 56.3 Å². The lowest BCUT2D eigenvalue weighted by Crippen LogP contribution is -2.32. The molecule has 494 valence electrons. The molecule has 0 spiro atoms. The van der Waals surface area contributed by atoms with Crippen molar-refractivity contribution in [3.05, 3.63) is 267 Å². The Balaban J connectivity index is 0.000000196. The molecule has 0 atom stereocenters. The molecule has 5 aromatic carbocycles. The Kier molecular flexibility index (Phi) is 26.1. The molecule has 0 unspecified atom stereocenters.